The fourth-order valence-electron chi connectivity index (χ4n) is 2.17. The Hall–Kier alpha value is -0.770. The fraction of sp³-hybridized carbons (Fsp3) is 0.571. The Morgan fingerprint density at radius 1 is 1.39 bits per heavy atom. The molecule has 4 heteroatoms. The van der Waals surface area contributed by atoms with E-state index >= 15 is 0 Å². The van der Waals surface area contributed by atoms with Crippen molar-refractivity contribution in [3.63, 3.8) is 0 Å². The zero-order valence-corrected chi connectivity index (χ0v) is 11.6. The quantitative estimate of drug-likeness (QED) is 0.828. The molecule has 1 aromatic rings. The van der Waals surface area contributed by atoms with E-state index in [2.05, 4.69) is 12.2 Å². The van der Waals surface area contributed by atoms with Crippen LogP contribution in [-0.4, -0.2) is 24.3 Å². The van der Waals surface area contributed by atoms with Gasteiger partial charge < -0.3 is 15.2 Å². The van der Waals surface area contributed by atoms with Crippen LogP contribution in [0.1, 0.15) is 37.9 Å². The summed E-state index contributed by atoms with van der Waals surface area (Å²) in [4.78, 5) is 0. The second kappa shape index (κ2) is 7.62. The molecule has 1 aliphatic rings. The molecule has 2 atom stereocenters. The number of ether oxygens (including phenoxy) is 1. The molecular formula is C14H22ClNO2. The highest BCUT2D eigenvalue weighted by Gasteiger charge is 2.23. The van der Waals surface area contributed by atoms with Crippen LogP contribution >= 0.6 is 12.4 Å². The van der Waals surface area contributed by atoms with Gasteiger partial charge in [0.15, 0.2) is 0 Å². The standard InChI is InChI=1S/C14H21NO2.ClH/c1-2-3-8-15-11-9-13(16)12-6-4-5-7-14(12)17-10-11;/h4-7,11,13,15-16H,2-3,8-10H2,1H3;1H. The van der Waals surface area contributed by atoms with Crippen molar-refractivity contribution in [3.05, 3.63) is 29.8 Å². The van der Waals surface area contributed by atoms with Crippen molar-refractivity contribution in [1.82, 2.24) is 5.32 Å². The van der Waals surface area contributed by atoms with Crippen molar-refractivity contribution in [1.29, 1.82) is 0 Å². The van der Waals surface area contributed by atoms with E-state index in [1.807, 2.05) is 24.3 Å². The molecule has 2 unspecified atom stereocenters. The number of benzene rings is 1. The number of unbranched alkanes of at least 4 members (excludes halogenated alkanes) is 1. The molecule has 1 heterocycles. The number of hydrogen-bond acceptors (Lipinski definition) is 3. The van der Waals surface area contributed by atoms with Crippen LogP contribution in [0.25, 0.3) is 0 Å². The van der Waals surface area contributed by atoms with E-state index in [0.717, 1.165) is 24.3 Å². The van der Waals surface area contributed by atoms with Crippen molar-refractivity contribution < 1.29 is 9.84 Å². The minimum absolute atomic E-state index is 0. The highest BCUT2D eigenvalue weighted by atomic mass is 35.5. The van der Waals surface area contributed by atoms with Gasteiger partial charge in [0.05, 0.1) is 6.10 Å². The zero-order valence-electron chi connectivity index (χ0n) is 10.8. The van der Waals surface area contributed by atoms with E-state index in [0.29, 0.717) is 6.61 Å². The van der Waals surface area contributed by atoms with Crippen LogP contribution in [0.4, 0.5) is 0 Å². The summed E-state index contributed by atoms with van der Waals surface area (Å²) < 4.78 is 5.74. The van der Waals surface area contributed by atoms with Crippen molar-refractivity contribution in [2.45, 2.75) is 38.3 Å². The molecule has 102 valence electrons. The molecule has 0 spiro atoms. The van der Waals surface area contributed by atoms with Gasteiger partial charge in [-0.1, -0.05) is 31.5 Å². The molecule has 3 nitrogen and oxygen atoms in total. The maximum Gasteiger partial charge on any atom is 0.125 e. The third-order valence-electron chi connectivity index (χ3n) is 3.19. The molecule has 2 rings (SSSR count). The van der Waals surface area contributed by atoms with Gasteiger partial charge in [0.25, 0.3) is 0 Å². The first-order valence-electron chi connectivity index (χ1n) is 6.44. The number of nitrogens with one attached hydrogen (secondary N) is 1. The second-order valence-corrected chi connectivity index (χ2v) is 4.60. The van der Waals surface area contributed by atoms with E-state index in [1.165, 1.54) is 12.8 Å². The predicted octanol–water partition coefficient (Wildman–Crippen LogP) is 2.68. The van der Waals surface area contributed by atoms with Crippen LogP contribution in [0, 0.1) is 0 Å². The summed E-state index contributed by atoms with van der Waals surface area (Å²) in [7, 11) is 0. The van der Waals surface area contributed by atoms with Crippen molar-refractivity contribution in [2.75, 3.05) is 13.2 Å². The van der Waals surface area contributed by atoms with E-state index < -0.39 is 6.10 Å². The maximum atomic E-state index is 10.1. The molecule has 0 aromatic heterocycles. The first-order chi connectivity index (χ1) is 8.31. The van der Waals surface area contributed by atoms with Crippen LogP contribution in [0.5, 0.6) is 5.75 Å². The van der Waals surface area contributed by atoms with Gasteiger partial charge in [-0.2, -0.15) is 0 Å². The summed E-state index contributed by atoms with van der Waals surface area (Å²) >= 11 is 0. The van der Waals surface area contributed by atoms with Crippen molar-refractivity contribution >= 4 is 12.4 Å². The van der Waals surface area contributed by atoms with Crippen molar-refractivity contribution in [3.8, 4) is 5.75 Å². The highest BCUT2D eigenvalue weighted by Crippen LogP contribution is 2.30. The van der Waals surface area contributed by atoms with E-state index in [-0.39, 0.29) is 18.4 Å². The number of aliphatic hydroxyl groups is 1. The normalized spacial score (nSPS) is 22.3. The van der Waals surface area contributed by atoms with Gasteiger partial charge in [-0.3, -0.25) is 0 Å². The van der Waals surface area contributed by atoms with Crippen LogP contribution in [0.3, 0.4) is 0 Å². The van der Waals surface area contributed by atoms with E-state index in [4.69, 9.17) is 4.74 Å². The third kappa shape index (κ3) is 3.87. The lowest BCUT2D eigenvalue weighted by Crippen LogP contribution is -2.35. The molecule has 18 heavy (non-hydrogen) atoms. The van der Waals surface area contributed by atoms with Gasteiger partial charge in [-0.25, -0.2) is 0 Å². The molecular weight excluding hydrogens is 250 g/mol. The number of rotatable bonds is 4. The van der Waals surface area contributed by atoms with E-state index in [9.17, 15) is 5.11 Å². The molecule has 0 saturated carbocycles. The number of halogens is 1. The lowest BCUT2D eigenvalue weighted by atomic mass is 10.0. The fourth-order valence-corrected chi connectivity index (χ4v) is 2.17. The molecule has 1 aliphatic heterocycles. The minimum Gasteiger partial charge on any atom is -0.492 e. The van der Waals surface area contributed by atoms with Crippen molar-refractivity contribution in [2.24, 2.45) is 0 Å². The van der Waals surface area contributed by atoms with E-state index in [1.54, 1.807) is 0 Å². The molecule has 0 aliphatic carbocycles. The van der Waals surface area contributed by atoms with Crippen LogP contribution in [-0.2, 0) is 0 Å². The predicted molar refractivity (Wildman–Crippen MR) is 75.5 cm³/mol. The van der Waals surface area contributed by atoms with Gasteiger partial charge in [0, 0.05) is 11.6 Å². The van der Waals surface area contributed by atoms with Gasteiger partial charge in [-0.15, -0.1) is 12.4 Å². The van der Waals surface area contributed by atoms with Gasteiger partial charge >= 0.3 is 0 Å². The summed E-state index contributed by atoms with van der Waals surface area (Å²) in [5.74, 6) is 0.819. The largest absolute Gasteiger partial charge is 0.492 e. The Morgan fingerprint density at radius 3 is 2.94 bits per heavy atom. The average molecular weight is 272 g/mol. The number of hydrogen-bond donors (Lipinski definition) is 2. The Labute approximate surface area is 115 Å². The number of fused-ring (bicyclic) bond motifs is 1. The average Bonchev–Trinajstić information content (AvgIpc) is 2.50. The van der Waals surface area contributed by atoms with Gasteiger partial charge in [-0.05, 0) is 25.5 Å². The topological polar surface area (TPSA) is 41.5 Å². The third-order valence-corrected chi connectivity index (χ3v) is 3.19. The smallest absolute Gasteiger partial charge is 0.125 e. The highest BCUT2D eigenvalue weighted by molar-refractivity contribution is 5.85. The summed E-state index contributed by atoms with van der Waals surface area (Å²) in [5, 5.41) is 13.6. The summed E-state index contributed by atoms with van der Waals surface area (Å²) in [5.41, 5.74) is 0.910. The Balaban J connectivity index is 0.00000162. The molecule has 1 aromatic carbocycles. The summed E-state index contributed by atoms with van der Waals surface area (Å²) in [6, 6.07) is 7.98. The Kier molecular flexibility index (Phi) is 6.47. The molecule has 0 radical (unpaired) electrons. The monoisotopic (exact) mass is 271 g/mol. The summed E-state index contributed by atoms with van der Waals surface area (Å²) in [6.07, 6.45) is 2.65. The SMILES string of the molecule is CCCCNC1COc2ccccc2C(O)C1.Cl. The lowest BCUT2D eigenvalue weighted by Gasteiger charge is -2.17. The number of para-hydroxylation sites is 1. The Bertz CT molecular complexity index is 359. The molecule has 0 saturated heterocycles. The lowest BCUT2D eigenvalue weighted by molar-refractivity contribution is 0.151. The van der Waals surface area contributed by atoms with Crippen LogP contribution in [0.15, 0.2) is 24.3 Å². The summed E-state index contributed by atoms with van der Waals surface area (Å²) in [6.45, 7) is 3.81. The zero-order chi connectivity index (χ0) is 12.1. The number of aliphatic hydroxyl groups excluding tert-OH is 1. The maximum absolute atomic E-state index is 10.1. The minimum atomic E-state index is -0.423. The molecule has 2 N–H and O–H groups in total. The second-order valence-electron chi connectivity index (χ2n) is 4.60. The first kappa shape index (κ1) is 15.3. The Morgan fingerprint density at radius 2 is 2.17 bits per heavy atom. The van der Waals surface area contributed by atoms with Gasteiger partial charge in [0.2, 0.25) is 0 Å². The molecule has 0 bridgehead atoms. The molecule has 0 amide bonds. The first-order valence-corrected chi connectivity index (χ1v) is 6.44. The molecule has 0 fully saturated rings. The van der Waals surface area contributed by atoms with Gasteiger partial charge in [0.1, 0.15) is 12.4 Å². The van der Waals surface area contributed by atoms with Crippen LogP contribution < -0.4 is 10.1 Å². The van der Waals surface area contributed by atoms with Crippen LogP contribution in [0.2, 0.25) is 0 Å².